The van der Waals surface area contributed by atoms with E-state index in [1.165, 1.54) is 16.7 Å². The van der Waals surface area contributed by atoms with Crippen molar-refractivity contribution < 1.29 is 14.3 Å². The molecule has 1 aliphatic carbocycles. The van der Waals surface area contributed by atoms with Gasteiger partial charge in [-0.25, -0.2) is 0 Å². The molecule has 0 N–H and O–H groups in total. The Morgan fingerprint density at radius 3 is 2.48 bits per heavy atom. The molecule has 5 rings (SSSR count). The molecule has 1 saturated heterocycles. The molecule has 5 nitrogen and oxygen atoms in total. The molecule has 0 aromatic heterocycles. The first-order valence-electron chi connectivity index (χ1n) is 11.9. The van der Waals surface area contributed by atoms with Crippen molar-refractivity contribution in [3.63, 3.8) is 0 Å². The van der Waals surface area contributed by atoms with Crippen molar-refractivity contribution in [3.05, 3.63) is 70.2 Å². The Morgan fingerprint density at radius 1 is 1.09 bits per heavy atom. The van der Waals surface area contributed by atoms with Crippen LogP contribution in [0.15, 0.2) is 48.5 Å². The molecular formula is C27H31ClN2O3. The molecule has 0 bridgehead atoms. The first kappa shape index (κ1) is 22.4. The molecule has 6 heteroatoms. The van der Waals surface area contributed by atoms with Gasteiger partial charge >= 0.3 is 0 Å². The van der Waals surface area contributed by atoms with Crippen LogP contribution in [0.1, 0.15) is 41.9 Å². The maximum absolute atomic E-state index is 13.7. The van der Waals surface area contributed by atoms with Crippen molar-refractivity contribution in [2.75, 3.05) is 33.4 Å². The van der Waals surface area contributed by atoms with E-state index in [2.05, 4.69) is 18.2 Å². The summed E-state index contributed by atoms with van der Waals surface area (Å²) in [6, 6.07) is 16.2. The Labute approximate surface area is 200 Å². The minimum atomic E-state index is -0.434. The van der Waals surface area contributed by atoms with Crippen molar-refractivity contribution in [2.24, 2.45) is 11.3 Å². The van der Waals surface area contributed by atoms with E-state index in [1.807, 2.05) is 40.1 Å². The average Bonchev–Trinajstić information content (AvgIpc) is 3.64. The molecule has 2 heterocycles. The summed E-state index contributed by atoms with van der Waals surface area (Å²) < 4.78 is 5.28. The SMILES string of the molecule is COCCN1Cc2ccccc2CC2(CCN(C(=O)[C@@H]3C[C@H]3c3ccc(Cl)cc3)CC2)C1=O. The molecule has 3 aliphatic rings. The summed E-state index contributed by atoms with van der Waals surface area (Å²) in [6.07, 6.45) is 3.09. The van der Waals surface area contributed by atoms with Crippen LogP contribution in [0, 0.1) is 11.3 Å². The number of rotatable bonds is 5. The van der Waals surface area contributed by atoms with E-state index in [1.54, 1.807) is 7.11 Å². The van der Waals surface area contributed by atoms with Crippen LogP contribution in [-0.2, 0) is 27.3 Å². The lowest BCUT2D eigenvalue weighted by atomic mass is 9.72. The van der Waals surface area contributed by atoms with Gasteiger partial charge in [0.05, 0.1) is 12.0 Å². The van der Waals surface area contributed by atoms with Gasteiger partial charge < -0.3 is 14.5 Å². The molecule has 2 aromatic rings. The van der Waals surface area contributed by atoms with Gasteiger partial charge in [0.2, 0.25) is 11.8 Å². The summed E-state index contributed by atoms with van der Waals surface area (Å²) in [4.78, 5) is 30.9. The Bertz CT molecular complexity index is 1030. The molecule has 33 heavy (non-hydrogen) atoms. The number of hydrogen-bond acceptors (Lipinski definition) is 3. The van der Waals surface area contributed by atoms with E-state index in [0.29, 0.717) is 51.5 Å². The van der Waals surface area contributed by atoms with Crippen molar-refractivity contribution in [1.29, 1.82) is 0 Å². The second-order valence-electron chi connectivity index (χ2n) is 9.77. The molecular weight excluding hydrogens is 436 g/mol. The third-order valence-corrected chi connectivity index (χ3v) is 8.00. The zero-order valence-corrected chi connectivity index (χ0v) is 19.9. The molecule has 1 saturated carbocycles. The summed E-state index contributed by atoms with van der Waals surface area (Å²) in [5, 5.41) is 0.720. The molecule has 0 radical (unpaired) electrons. The Balaban J connectivity index is 1.28. The second-order valence-corrected chi connectivity index (χ2v) is 10.2. The van der Waals surface area contributed by atoms with Gasteiger partial charge in [0.1, 0.15) is 0 Å². The fourth-order valence-electron chi connectivity index (χ4n) is 5.65. The van der Waals surface area contributed by atoms with Crippen molar-refractivity contribution >= 4 is 23.4 Å². The van der Waals surface area contributed by atoms with Crippen LogP contribution in [0.4, 0.5) is 0 Å². The van der Waals surface area contributed by atoms with Gasteiger partial charge in [-0.2, -0.15) is 0 Å². The monoisotopic (exact) mass is 466 g/mol. The molecule has 174 valence electrons. The number of halogens is 1. The number of ether oxygens (including phenoxy) is 1. The highest BCUT2D eigenvalue weighted by molar-refractivity contribution is 6.30. The van der Waals surface area contributed by atoms with E-state index in [0.717, 1.165) is 17.9 Å². The fourth-order valence-corrected chi connectivity index (χ4v) is 5.77. The molecule has 2 aromatic carbocycles. The van der Waals surface area contributed by atoms with E-state index in [-0.39, 0.29) is 17.7 Å². The standard InChI is InChI=1S/C27H31ClN2O3/c1-33-15-14-30-18-21-5-3-2-4-20(21)17-27(26(30)32)10-12-29(13-11-27)25(31)24-16-23(24)19-6-8-22(28)9-7-19/h2-9,23-24H,10-18H2,1H3/t23-,24+/m0/s1. The molecule has 2 fully saturated rings. The summed E-state index contributed by atoms with van der Waals surface area (Å²) >= 11 is 6.01. The normalized spacial score (nSPS) is 23.9. The maximum Gasteiger partial charge on any atom is 0.229 e. The number of likely N-dealkylation sites (tertiary alicyclic amines) is 1. The number of methoxy groups -OCH3 is 1. The summed E-state index contributed by atoms with van der Waals surface area (Å²) in [5.74, 6) is 0.807. The molecule has 0 unspecified atom stereocenters. The Hall–Kier alpha value is -2.37. The lowest BCUT2D eigenvalue weighted by Gasteiger charge is -2.42. The van der Waals surface area contributed by atoms with Crippen molar-refractivity contribution in [3.8, 4) is 0 Å². The number of hydrogen-bond donors (Lipinski definition) is 0. The topological polar surface area (TPSA) is 49.9 Å². The number of benzene rings is 2. The van der Waals surface area contributed by atoms with E-state index in [9.17, 15) is 9.59 Å². The molecule has 2 aliphatic heterocycles. The van der Waals surface area contributed by atoms with Crippen molar-refractivity contribution in [2.45, 2.75) is 38.1 Å². The van der Waals surface area contributed by atoms with Crippen molar-refractivity contribution in [1.82, 2.24) is 9.80 Å². The van der Waals surface area contributed by atoms with Gasteiger partial charge in [0, 0.05) is 44.2 Å². The van der Waals surface area contributed by atoms with Gasteiger partial charge in [-0.3, -0.25) is 9.59 Å². The fraction of sp³-hybridized carbons (Fsp3) is 0.481. The summed E-state index contributed by atoms with van der Waals surface area (Å²) in [5.41, 5.74) is 3.24. The van der Waals surface area contributed by atoms with Crippen LogP contribution in [0.3, 0.4) is 0 Å². The Morgan fingerprint density at radius 2 is 1.79 bits per heavy atom. The van der Waals surface area contributed by atoms with Crippen LogP contribution in [0.25, 0.3) is 0 Å². The van der Waals surface area contributed by atoms with Crippen LogP contribution in [-0.4, -0.2) is 55.0 Å². The summed E-state index contributed by atoms with van der Waals surface area (Å²) in [6.45, 7) is 3.05. The van der Waals surface area contributed by atoms with Gasteiger partial charge in [-0.15, -0.1) is 0 Å². The van der Waals surface area contributed by atoms with Crippen LogP contribution in [0.5, 0.6) is 0 Å². The van der Waals surface area contributed by atoms with Crippen LogP contribution in [0.2, 0.25) is 5.02 Å². The van der Waals surface area contributed by atoms with Gasteiger partial charge in [-0.1, -0.05) is 48.0 Å². The number of amides is 2. The lowest BCUT2D eigenvalue weighted by Crippen LogP contribution is -2.52. The predicted octanol–water partition coefficient (Wildman–Crippen LogP) is 4.28. The predicted molar refractivity (Wildman–Crippen MR) is 128 cm³/mol. The number of piperidine rings is 1. The van der Waals surface area contributed by atoms with E-state index >= 15 is 0 Å². The van der Waals surface area contributed by atoms with Gasteiger partial charge in [0.15, 0.2) is 0 Å². The van der Waals surface area contributed by atoms with E-state index < -0.39 is 5.41 Å². The number of nitrogens with zero attached hydrogens (tertiary/aromatic N) is 2. The number of carbonyl (C=O) groups is 2. The molecule has 2 atom stereocenters. The maximum atomic E-state index is 13.7. The van der Waals surface area contributed by atoms with Crippen LogP contribution >= 0.6 is 11.6 Å². The minimum Gasteiger partial charge on any atom is -0.383 e. The molecule has 2 amide bonds. The first-order valence-corrected chi connectivity index (χ1v) is 12.3. The minimum absolute atomic E-state index is 0.0592. The van der Waals surface area contributed by atoms with E-state index in [4.69, 9.17) is 16.3 Å². The third-order valence-electron chi connectivity index (χ3n) is 7.75. The summed E-state index contributed by atoms with van der Waals surface area (Å²) in [7, 11) is 1.67. The average molecular weight is 467 g/mol. The van der Waals surface area contributed by atoms with Crippen LogP contribution < -0.4 is 0 Å². The second kappa shape index (κ2) is 9.11. The zero-order valence-electron chi connectivity index (χ0n) is 19.1. The van der Waals surface area contributed by atoms with Gasteiger partial charge in [0.25, 0.3) is 0 Å². The highest BCUT2D eigenvalue weighted by atomic mass is 35.5. The molecule has 1 spiro atoms. The highest BCUT2D eigenvalue weighted by Gasteiger charge is 2.50. The first-order chi connectivity index (χ1) is 16.0. The number of fused-ring (bicyclic) bond motifs is 1. The number of carbonyl (C=O) groups excluding carboxylic acids is 2. The largest absolute Gasteiger partial charge is 0.383 e. The highest BCUT2D eigenvalue weighted by Crippen LogP contribution is 2.49. The quantitative estimate of drug-likeness (QED) is 0.660. The zero-order chi connectivity index (χ0) is 23.0. The third kappa shape index (κ3) is 4.41. The van der Waals surface area contributed by atoms with Gasteiger partial charge in [-0.05, 0) is 60.4 Å². The Kier molecular flexibility index (Phi) is 6.19. The lowest BCUT2D eigenvalue weighted by molar-refractivity contribution is -0.149. The smallest absolute Gasteiger partial charge is 0.229 e.